The monoisotopic (exact) mass is 216 g/mol. The number of nitrogens with zero attached hydrogens (tertiary/aromatic N) is 1. The van der Waals surface area contributed by atoms with E-state index in [9.17, 15) is 0 Å². The van der Waals surface area contributed by atoms with Crippen LogP contribution in [-0.2, 0) is 4.74 Å². The van der Waals surface area contributed by atoms with Crippen LogP contribution in [0.15, 0.2) is 0 Å². The third-order valence-corrected chi connectivity index (χ3v) is 3.07. The summed E-state index contributed by atoms with van der Waals surface area (Å²) in [6.07, 6.45) is 2.14. The second-order valence-electron chi connectivity index (χ2n) is 4.22. The lowest BCUT2D eigenvalue weighted by Crippen LogP contribution is -2.39. The Morgan fingerprint density at radius 1 is 1.60 bits per heavy atom. The van der Waals surface area contributed by atoms with Gasteiger partial charge in [-0.15, -0.1) is 0 Å². The number of ether oxygens (including phenoxy) is 1. The molecule has 2 N–H and O–H groups in total. The number of hydrogen-bond acceptors (Lipinski definition) is 4. The molecule has 0 aromatic heterocycles. The van der Waals surface area contributed by atoms with Crippen molar-refractivity contribution in [2.24, 2.45) is 0 Å². The molecule has 1 heterocycles. The number of nitrogens with one attached hydrogen (secondary N) is 1. The molecule has 0 radical (unpaired) electrons. The largest absolute Gasteiger partial charge is 0.395 e. The number of rotatable bonds is 7. The van der Waals surface area contributed by atoms with Crippen molar-refractivity contribution < 1.29 is 9.84 Å². The summed E-state index contributed by atoms with van der Waals surface area (Å²) in [4.78, 5) is 2.34. The van der Waals surface area contributed by atoms with Gasteiger partial charge in [-0.25, -0.2) is 0 Å². The Hall–Kier alpha value is -0.160. The SMILES string of the molecule is CCNC(CO)CCN(C)C1CCOC1. The van der Waals surface area contributed by atoms with Gasteiger partial charge in [0.15, 0.2) is 0 Å². The summed E-state index contributed by atoms with van der Waals surface area (Å²) < 4.78 is 5.35. The maximum absolute atomic E-state index is 9.13. The van der Waals surface area contributed by atoms with Crippen molar-refractivity contribution in [1.29, 1.82) is 0 Å². The normalized spacial score (nSPS) is 23.6. The molecule has 4 nitrogen and oxygen atoms in total. The molecule has 0 amide bonds. The van der Waals surface area contributed by atoms with E-state index in [-0.39, 0.29) is 12.6 Å². The molecule has 1 aliphatic rings. The maximum Gasteiger partial charge on any atom is 0.0622 e. The van der Waals surface area contributed by atoms with E-state index in [1.165, 1.54) is 0 Å². The fourth-order valence-electron chi connectivity index (χ4n) is 1.96. The second kappa shape index (κ2) is 7.17. The van der Waals surface area contributed by atoms with Crippen LogP contribution >= 0.6 is 0 Å². The van der Waals surface area contributed by atoms with Gasteiger partial charge in [-0.05, 0) is 33.0 Å². The van der Waals surface area contributed by atoms with E-state index in [0.717, 1.165) is 39.1 Å². The van der Waals surface area contributed by atoms with E-state index < -0.39 is 0 Å². The Kier molecular flexibility index (Phi) is 6.17. The van der Waals surface area contributed by atoms with Gasteiger partial charge < -0.3 is 20.1 Å². The van der Waals surface area contributed by atoms with Crippen molar-refractivity contribution in [3.63, 3.8) is 0 Å². The molecule has 0 aliphatic carbocycles. The zero-order valence-electron chi connectivity index (χ0n) is 9.91. The average molecular weight is 216 g/mol. The highest BCUT2D eigenvalue weighted by atomic mass is 16.5. The van der Waals surface area contributed by atoms with Crippen LogP contribution < -0.4 is 5.32 Å². The smallest absolute Gasteiger partial charge is 0.0622 e. The molecule has 1 aliphatic heterocycles. The molecule has 90 valence electrons. The summed E-state index contributed by atoms with van der Waals surface area (Å²) in [5.74, 6) is 0. The lowest BCUT2D eigenvalue weighted by Gasteiger charge is -2.25. The van der Waals surface area contributed by atoms with Gasteiger partial charge in [0, 0.05) is 18.7 Å². The number of aliphatic hydroxyl groups excluding tert-OH is 1. The third-order valence-electron chi connectivity index (χ3n) is 3.07. The third kappa shape index (κ3) is 4.47. The Bertz CT molecular complexity index is 161. The fraction of sp³-hybridized carbons (Fsp3) is 1.00. The lowest BCUT2D eigenvalue weighted by molar-refractivity contribution is 0.152. The van der Waals surface area contributed by atoms with Crippen LogP contribution in [0, 0.1) is 0 Å². The fourth-order valence-corrected chi connectivity index (χ4v) is 1.96. The highest BCUT2D eigenvalue weighted by Crippen LogP contribution is 2.11. The molecule has 0 aromatic rings. The van der Waals surface area contributed by atoms with Gasteiger partial charge in [-0.1, -0.05) is 6.92 Å². The first kappa shape index (κ1) is 12.9. The van der Waals surface area contributed by atoms with Crippen molar-refractivity contribution in [3.8, 4) is 0 Å². The summed E-state index contributed by atoms with van der Waals surface area (Å²) in [5, 5.41) is 12.4. The van der Waals surface area contributed by atoms with Crippen molar-refractivity contribution in [2.75, 3.05) is 40.0 Å². The van der Waals surface area contributed by atoms with Crippen LogP contribution in [0.25, 0.3) is 0 Å². The van der Waals surface area contributed by atoms with Gasteiger partial charge in [0.2, 0.25) is 0 Å². The van der Waals surface area contributed by atoms with E-state index in [0.29, 0.717) is 6.04 Å². The molecule has 0 aromatic carbocycles. The van der Waals surface area contributed by atoms with Crippen molar-refractivity contribution in [2.45, 2.75) is 31.8 Å². The minimum atomic E-state index is 0.225. The zero-order chi connectivity index (χ0) is 11.1. The molecule has 0 saturated carbocycles. The molecule has 2 unspecified atom stereocenters. The van der Waals surface area contributed by atoms with Gasteiger partial charge in [0.25, 0.3) is 0 Å². The predicted octanol–water partition coefficient (Wildman–Crippen LogP) is 0.0676. The number of likely N-dealkylation sites (N-methyl/N-ethyl adjacent to an activating group) is 2. The average Bonchev–Trinajstić information content (AvgIpc) is 2.77. The van der Waals surface area contributed by atoms with Gasteiger partial charge in [0.1, 0.15) is 0 Å². The maximum atomic E-state index is 9.13. The van der Waals surface area contributed by atoms with Crippen LogP contribution in [0.4, 0.5) is 0 Å². The molecule has 1 saturated heterocycles. The standard InChI is InChI=1S/C11H24N2O2/c1-3-12-10(8-14)4-6-13(2)11-5-7-15-9-11/h10-12,14H,3-9H2,1-2H3. The first-order valence-electron chi connectivity index (χ1n) is 5.90. The second-order valence-corrected chi connectivity index (χ2v) is 4.22. The van der Waals surface area contributed by atoms with Crippen molar-refractivity contribution in [3.05, 3.63) is 0 Å². The van der Waals surface area contributed by atoms with Crippen LogP contribution in [0.3, 0.4) is 0 Å². The van der Waals surface area contributed by atoms with E-state index in [1.54, 1.807) is 0 Å². The molecule has 15 heavy (non-hydrogen) atoms. The first-order valence-corrected chi connectivity index (χ1v) is 5.90. The van der Waals surface area contributed by atoms with E-state index >= 15 is 0 Å². The summed E-state index contributed by atoms with van der Waals surface area (Å²) >= 11 is 0. The summed E-state index contributed by atoms with van der Waals surface area (Å²) in [6.45, 7) is 5.99. The summed E-state index contributed by atoms with van der Waals surface area (Å²) in [7, 11) is 2.14. The summed E-state index contributed by atoms with van der Waals surface area (Å²) in [5.41, 5.74) is 0. The van der Waals surface area contributed by atoms with Crippen LogP contribution in [-0.4, -0.2) is 62.0 Å². The molecule has 4 heteroatoms. The molecule has 1 fully saturated rings. The van der Waals surface area contributed by atoms with Gasteiger partial charge in [-0.3, -0.25) is 0 Å². The molecule has 2 atom stereocenters. The molecule has 1 rings (SSSR count). The highest BCUT2D eigenvalue weighted by molar-refractivity contribution is 4.75. The minimum Gasteiger partial charge on any atom is -0.395 e. The van der Waals surface area contributed by atoms with Gasteiger partial charge in [0.05, 0.1) is 13.2 Å². The van der Waals surface area contributed by atoms with Crippen molar-refractivity contribution >= 4 is 0 Å². The van der Waals surface area contributed by atoms with Gasteiger partial charge >= 0.3 is 0 Å². The Morgan fingerprint density at radius 2 is 2.40 bits per heavy atom. The zero-order valence-corrected chi connectivity index (χ0v) is 9.91. The summed E-state index contributed by atoms with van der Waals surface area (Å²) in [6, 6.07) is 0.811. The minimum absolute atomic E-state index is 0.225. The number of hydrogen-bond donors (Lipinski definition) is 2. The quantitative estimate of drug-likeness (QED) is 0.632. The highest BCUT2D eigenvalue weighted by Gasteiger charge is 2.20. The van der Waals surface area contributed by atoms with E-state index in [2.05, 4.69) is 24.2 Å². The molecule has 0 bridgehead atoms. The predicted molar refractivity (Wildman–Crippen MR) is 61.0 cm³/mol. The Morgan fingerprint density at radius 3 is 2.93 bits per heavy atom. The van der Waals surface area contributed by atoms with Crippen LogP contribution in [0.5, 0.6) is 0 Å². The van der Waals surface area contributed by atoms with Crippen molar-refractivity contribution in [1.82, 2.24) is 10.2 Å². The van der Waals surface area contributed by atoms with E-state index in [4.69, 9.17) is 9.84 Å². The Balaban J connectivity index is 2.16. The lowest BCUT2D eigenvalue weighted by atomic mass is 10.1. The Labute approximate surface area is 92.6 Å². The van der Waals surface area contributed by atoms with E-state index in [1.807, 2.05) is 0 Å². The van der Waals surface area contributed by atoms with Crippen LogP contribution in [0.1, 0.15) is 19.8 Å². The molecular weight excluding hydrogens is 192 g/mol. The first-order chi connectivity index (χ1) is 7.27. The van der Waals surface area contributed by atoms with Crippen LogP contribution in [0.2, 0.25) is 0 Å². The van der Waals surface area contributed by atoms with Gasteiger partial charge in [-0.2, -0.15) is 0 Å². The number of aliphatic hydroxyl groups is 1. The molecular formula is C11H24N2O2. The molecule has 0 spiro atoms. The topological polar surface area (TPSA) is 44.7 Å².